The lowest BCUT2D eigenvalue weighted by molar-refractivity contribution is -0.596. The lowest BCUT2D eigenvalue weighted by atomic mass is 9.95. The Morgan fingerprint density at radius 2 is 1.06 bits per heavy atom. The van der Waals surface area contributed by atoms with Gasteiger partial charge in [0.15, 0.2) is 5.69 Å². The smallest absolute Gasteiger partial charge is 0.231 e. The van der Waals surface area contributed by atoms with Gasteiger partial charge in [0, 0.05) is 19.1 Å². The zero-order valence-electron chi connectivity index (χ0n) is 19.8. The first kappa shape index (κ1) is 22.7. The second kappa shape index (κ2) is 9.55. The van der Waals surface area contributed by atoms with Crippen LogP contribution in [0.25, 0.3) is 27.9 Å². The fourth-order valence-electron chi connectivity index (χ4n) is 3.88. The van der Waals surface area contributed by atoms with Crippen molar-refractivity contribution in [2.75, 3.05) is 28.4 Å². The van der Waals surface area contributed by atoms with Crippen molar-refractivity contribution >= 4 is 11.3 Å². The largest absolute Gasteiger partial charge is 0.497 e. The van der Waals surface area contributed by atoms with Crippen LogP contribution < -0.4 is 23.5 Å². The molecule has 0 aliphatic heterocycles. The topological polar surface area (TPSA) is 40.8 Å². The molecule has 3 aromatic carbocycles. The molecule has 6 heteroatoms. The Balaban J connectivity index is 2.06. The Labute approximate surface area is 198 Å². The first-order valence-electron chi connectivity index (χ1n) is 10.6. The second-order valence-corrected chi connectivity index (χ2v) is 8.70. The van der Waals surface area contributed by atoms with Crippen molar-refractivity contribution in [1.29, 1.82) is 0 Å². The number of para-hydroxylation sites is 1. The molecule has 0 fully saturated rings. The lowest BCUT2D eigenvalue weighted by Crippen LogP contribution is -2.32. The van der Waals surface area contributed by atoms with Gasteiger partial charge in [0.2, 0.25) is 11.2 Å². The fraction of sp³-hybridized carbons (Fsp3) is 0.222. The molecule has 4 rings (SSSR count). The van der Waals surface area contributed by atoms with Gasteiger partial charge in [-0.1, -0.05) is 17.4 Å². The molecule has 0 bridgehead atoms. The highest BCUT2D eigenvalue weighted by molar-refractivity contribution is 7.09. The maximum atomic E-state index is 5.55. The van der Waals surface area contributed by atoms with E-state index in [-0.39, 0.29) is 0 Å². The first-order chi connectivity index (χ1) is 16.0. The highest BCUT2D eigenvalue weighted by Crippen LogP contribution is 2.39. The van der Waals surface area contributed by atoms with E-state index in [9.17, 15) is 0 Å². The van der Waals surface area contributed by atoms with Crippen LogP contribution in [-0.2, 0) is 0 Å². The van der Waals surface area contributed by atoms with Gasteiger partial charge in [-0.25, -0.2) is 0 Å². The summed E-state index contributed by atoms with van der Waals surface area (Å²) in [5, 5.41) is 0. The van der Waals surface area contributed by atoms with Crippen LogP contribution in [0.1, 0.15) is 10.6 Å². The molecule has 0 aliphatic carbocycles. The van der Waals surface area contributed by atoms with Crippen molar-refractivity contribution in [2.45, 2.75) is 13.8 Å². The molecule has 0 atom stereocenters. The van der Waals surface area contributed by atoms with Crippen molar-refractivity contribution < 1.29 is 23.5 Å². The van der Waals surface area contributed by atoms with Crippen molar-refractivity contribution in [3.8, 4) is 50.9 Å². The van der Waals surface area contributed by atoms with Crippen LogP contribution in [0, 0.1) is 13.8 Å². The third kappa shape index (κ3) is 4.39. The summed E-state index contributed by atoms with van der Waals surface area (Å²) < 4.78 is 24.5. The third-order valence-electron chi connectivity index (χ3n) is 5.81. The van der Waals surface area contributed by atoms with Crippen LogP contribution in [0.4, 0.5) is 0 Å². The van der Waals surface area contributed by atoms with Crippen LogP contribution in [0.15, 0.2) is 60.1 Å². The lowest BCUT2D eigenvalue weighted by Gasteiger charge is -2.14. The summed E-state index contributed by atoms with van der Waals surface area (Å²) in [7, 11) is 6.66. The van der Waals surface area contributed by atoms with Crippen LogP contribution in [0.5, 0.6) is 23.0 Å². The van der Waals surface area contributed by atoms with E-state index in [1.165, 1.54) is 10.6 Å². The van der Waals surface area contributed by atoms with Gasteiger partial charge in [0.1, 0.15) is 23.0 Å². The highest BCUT2D eigenvalue weighted by atomic mass is 32.1. The fourth-order valence-corrected chi connectivity index (χ4v) is 4.68. The normalized spacial score (nSPS) is 10.7. The number of rotatable bonds is 7. The molecule has 1 heterocycles. The molecule has 0 radical (unpaired) electrons. The Bertz CT molecular complexity index is 1180. The van der Waals surface area contributed by atoms with Crippen LogP contribution >= 0.6 is 11.3 Å². The molecule has 0 saturated carbocycles. The van der Waals surface area contributed by atoms with Gasteiger partial charge < -0.3 is 18.9 Å². The number of ether oxygens (including phenoxy) is 4. The number of methoxy groups -OCH3 is 4. The van der Waals surface area contributed by atoms with E-state index in [1.807, 2.05) is 36.4 Å². The molecule has 170 valence electrons. The molecule has 0 saturated heterocycles. The summed E-state index contributed by atoms with van der Waals surface area (Å²) in [4.78, 5) is 1.27. The highest BCUT2D eigenvalue weighted by Gasteiger charge is 2.26. The van der Waals surface area contributed by atoms with Crippen molar-refractivity contribution in [1.82, 2.24) is 0 Å². The van der Waals surface area contributed by atoms with E-state index in [0.29, 0.717) is 0 Å². The third-order valence-corrected chi connectivity index (χ3v) is 6.77. The molecule has 1 aromatic heterocycles. The first-order valence-corrected chi connectivity index (χ1v) is 11.4. The average Bonchev–Trinajstić information content (AvgIpc) is 3.20. The summed E-state index contributed by atoms with van der Waals surface area (Å²) in [5.74, 6) is 2.97. The average molecular weight is 463 g/mol. The molecular formula is C27H28NO4S+. The number of hydrogen-bond acceptors (Lipinski definition) is 5. The predicted octanol–water partition coefficient (Wildman–Crippen LogP) is 6.01. The molecular weight excluding hydrogens is 434 g/mol. The minimum Gasteiger partial charge on any atom is -0.497 e. The number of aryl methyl sites for hydroxylation is 1. The Hall–Kier alpha value is -3.51. The van der Waals surface area contributed by atoms with Gasteiger partial charge in [-0.15, -0.1) is 0 Å². The van der Waals surface area contributed by atoms with E-state index >= 15 is 0 Å². The van der Waals surface area contributed by atoms with Gasteiger partial charge in [0.05, 0.1) is 44.4 Å². The van der Waals surface area contributed by atoms with Crippen LogP contribution in [-0.4, -0.2) is 28.4 Å². The second-order valence-electron chi connectivity index (χ2n) is 7.64. The Morgan fingerprint density at radius 3 is 1.39 bits per heavy atom. The Morgan fingerprint density at radius 1 is 0.636 bits per heavy atom. The summed E-state index contributed by atoms with van der Waals surface area (Å²) in [6, 6.07) is 18.2. The number of benzene rings is 3. The van der Waals surface area contributed by atoms with Crippen molar-refractivity contribution in [2.24, 2.45) is 0 Å². The SMILES string of the molecule is COc1cc(OC)cc(-c2cccc(-c3cc(OC)cc(OC)c3)c2-[n+]2csc(C)c2C)c1. The molecule has 33 heavy (non-hydrogen) atoms. The zero-order valence-corrected chi connectivity index (χ0v) is 20.6. The number of thiazole rings is 1. The quantitative estimate of drug-likeness (QED) is 0.315. The standard InChI is InChI=1S/C27H28NO4S/c1-17-18(2)33-16-28(17)27-25(19-10-21(29-3)14-22(11-19)30-4)8-7-9-26(27)20-12-23(31-5)15-24(13-20)32-6/h7-16H,1-6H3/q+1. The molecule has 4 aromatic rings. The summed E-state index contributed by atoms with van der Waals surface area (Å²) in [6.07, 6.45) is 0. The number of aromatic nitrogens is 1. The van der Waals surface area contributed by atoms with E-state index in [0.717, 1.165) is 50.9 Å². The molecule has 0 amide bonds. The maximum absolute atomic E-state index is 5.55. The van der Waals surface area contributed by atoms with E-state index in [4.69, 9.17) is 18.9 Å². The van der Waals surface area contributed by atoms with Crippen molar-refractivity contribution in [3.63, 3.8) is 0 Å². The zero-order chi connectivity index (χ0) is 23.5. The van der Waals surface area contributed by atoms with E-state index < -0.39 is 0 Å². The van der Waals surface area contributed by atoms with Gasteiger partial charge in [-0.2, -0.15) is 4.57 Å². The molecule has 0 unspecified atom stereocenters. The monoisotopic (exact) mass is 462 g/mol. The molecule has 0 N–H and O–H groups in total. The summed E-state index contributed by atoms with van der Waals surface area (Å²) in [5.41, 5.74) is 8.57. The minimum absolute atomic E-state index is 0.743. The molecule has 0 spiro atoms. The predicted molar refractivity (Wildman–Crippen MR) is 132 cm³/mol. The number of nitrogens with zero attached hydrogens (tertiary/aromatic N) is 1. The van der Waals surface area contributed by atoms with E-state index in [1.54, 1.807) is 39.8 Å². The summed E-state index contributed by atoms with van der Waals surface area (Å²) >= 11 is 1.73. The van der Waals surface area contributed by atoms with Gasteiger partial charge in [0.25, 0.3) is 0 Å². The molecule has 0 aliphatic rings. The number of hydrogen-bond donors (Lipinski definition) is 0. The minimum atomic E-state index is 0.743. The molecule has 5 nitrogen and oxygen atoms in total. The van der Waals surface area contributed by atoms with E-state index in [2.05, 4.69) is 42.1 Å². The van der Waals surface area contributed by atoms with Gasteiger partial charge >= 0.3 is 0 Å². The maximum Gasteiger partial charge on any atom is 0.231 e. The van der Waals surface area contributed by atoms with Gasteiger partial charge in [-0.05, 0) is 54.4 Å². The van der Waals surface area contributed by atoms with Gasteiger partial charge in [-0.3, -0.25) is 0 Å². The van der Waals surface area contributed by atoms with Crippen LogP contribution in [0.2, 0.25) is 0 Å². The van der Waals surface area contributed by atoms with Crippen LogP contribution in [0.3, 0.4) is 0 Å². The Kier molecular flexibility index (Phi) is 6.56. The van der Waals surface area contributed by atoms with Crippen molar-refractivity contribution in [3.05, 3.63) is 70.7 Å². The summed E-state index contributed by atoms with van der Waals surface area (Å²) in [6.45, 7) is 4.28.